The van der Waals surface area contributed by atoms with Crippen LogP contribution in [-0.4, -0.2) is 34.0 Å². The Hall–Kier alpha value is -4.20. The minimum atomic E-state index is -0.730. The molecule has 0 saturated heterocycles. The van der Waals surface area contributed by atoms with Crippen LogP contribution in [0.5, 0.6) is 23.0 Å². The Bertz CT molecular complexity index is 1230. The molecule has 1 aliphatic carbocycles. The molecule has 0 bridgehead atoms. The van der Waals surface area contributed by atoms with E-state index in [1.807, 2.05) is 0 Å². The molecule has 7 N–H and O–H groups in total. The van der Waals surface area contributed by atoms with Crippen LogP contribution in [0.25, 0.3) is 11.1 Å². The molecule has 0 aliphatic heterocycles. The third kappa shape index (κ3) is 2.46. The van der Waals surface area contributed by atoms with Crippen LogP contribution in [0.2, 0.25) is 0 Å². The molecule has 146 valence electrons. The summed E-state index contributed by atoms with van der Waals surface area (Å²) >= 11 is 0. The summed E-state index contributed by atoms with van der Waals surface area (Å²) in [6, 6.07) is 8.01. The van der Waals surface area contributed by atoms with Gasteiger partial charge in [0, 0.05) is 22.9 Å². The molecule has 0 atom stereocenters. The highest BCUT2D eigenvalue weighted by molar-refractivity contribution is 6.34. The van der Waals surface area contributed by atoms with Crippen molar-refractivity contribution < 1.29 is 29.6 Å². The third-order valence-electron chi connectivity index (χ3n) is 4.95. The number of rotatable bonds is 2. The van der Waals surface area contributed by atoms with Crippen molar-refractivity contribution >= 4 is 22.9 Å². The van der Waals surface area contributed by atoms with Crippen molar-refractivity contribution in [1.29, 1.82) is 0 Å². The zero-order valence-corrected chi connectivity index (χ0v) is 15.2. The Labute approximate surface area is 164 Å². The number of hydrogen-bond donors (Lipinski definition) is 5. The van der Waals surface area contributed by atoms with Crippen LogP contribution in [-0.2, 0) is 0 Å². The van der Waals surface area contributed by atoms with E-state index in [1.165, 1.54) is 43.5 Å². The lowest BCUT2D eigenvalue weighted by atomic mass is 9.80. The molecule has 8 heteroatoms. The topological polar surface area (TPSA) is 156 Å². The van der Waals surface area contributed by atoms with Gasteiger partial charge in [0.1, 0.15) is 23.0 Å². The van der Waals surface area contributed by atoms with Gasteiger partial charge < -0.3 is 31.5 Å². The molecule has 0 amide bonds. The second-order valence-corrected chi connectivity index (χ2v) is 6.57. The number of aromatic hydroxyl groups is 3. The van der Waals surface area contributed by atoms with Crippen LogP contribution >= 0.6 is 0 Å². The number of benzene rings is 3. The van der Waals surface area contributed by atoms with Gasteiger partial charge in [0.2, 0.25) is 11.6 Å². The molecule has 3 aromatic carbocycles. The van der Waals surface area contributed by atoms with Gasteiger partial charge in [0.05, 0.1) is 35.1 Å². The maximum absolute atomic E-state index is 13.2. The number of anilines is 2. The first kappa shape index (κ1) is 18.2. The van der Waals surface area contributed by atoms with E-state index in [9.17, 15) is 24.9 Å². The van der Waals surface area contributed by atoms with Gasteiger partial charge in [-0.1, -0.05) is 0 Å². The van der Waals surface area contributed by atoms with Crippen molar-refractivity contribution in [3.05, 3.63) is 58.7 Å². The van der Waals surface area contributed by atoms with Crippen LogP contribution in [0, 0.1) is 0 Å². The van der Waals surface area contributed by atoms with Gasteiger partial charge in [0.25, 0.3) is 0 Å². The highest BCUT2D eigenvalue weighted by Gasteiger charge is 2.38. The SMILES string of the molecule is COc1cc(O)ccc1-c1cc(O)c2c(c1N)C(=O)c1c(O)ccc(N)c1C2=O. The maximum atomic E-state index is 13.2. The number of phenols is 3. The van der Waals surface area contributed by atoms with E-state index in [4.69, 9.17) is 16.2 Å². The summed E-state index contributed by atoms with van der Waals surface area (Å²) in [6.07, 6.45) is 0. The highest BCUT2D eigenvalue weighted by Crippen LogP contribution is 2.46. The van der Waals surface area contributed by atoms with Crippen LogP contribution in [0.1, 0.15) is 31.8 Å². The number of ether oxygens (including phenoxy) is 1. The predicted octanol–water partition coefficient (Wildman–Crippen LogP) is 2.42. The van der Waals surface area contributed by atoms with E-state index in [1.54, 1.807) is 0 Å². The van der Waals surface area contributed by atoms with E-state index in [-0.39, 0.29) is 50.7 Å². The molecule has 0 fully saturated rings. The first-order valence-corrected chi connectivity index (χ1v) is 8.49. The van der Waals surface area contributed by atoms with Gasteiger partial charge in [-0.05, 0) is 30.3 Å². The summed E-state index contributed by atoms with van der Waals surface area (Å²) in [5.41, 5.74) is 11.7. The number of ketones is 2. The van der Waals surface area contributed by atoms with Crippen LogP contribution in [0.3, 0.4) is 0 Å². The van der Waals surface area contributed by atoms with Gasteiger partial charge in [0.15, 0.2) is 0 Å². The fraction of sp³-hybridized carbons (Fsp3) is 0.0476. The number of nitrogen functional groups attached to an aromatic ring is 2. The fourth-order valence-electron chi connectivity index (χ4n) is 3.61. The molecule has 0 radical (unpaired) electrons. The lowest BCUT2D eigenvalue weighted by Gasteiger charge is -2.23. The standard InChI is InChI=1S/C21H16N2O6/c1-29-14-6-8(24)2-3-9(14)10-7-13(26)17-18(19(10)23)21(28)16-12(25)5-4-11(22)15(16)20(17)27/h2-7,24-26H,22-23H2,1H3. The second kappa shape index (κ2) is 6.16. The van der Waals surface area contributed by atoms with Crippen molar-refractivity contribution in [2.24, 2.45) is 0 Å². The molecule has 1 aliphatic rings. The minimum Gasteiger partial charge on any atom is -0.508 e. The number of nitrogens with two attached hydrogens (primary N) is 2. The smallest absolute Gasteiger partial charge is 0.200 e. The van der Waals surface area contributed by atoms with Gasteiger partial charge >= 0.3 is 0 Å². The lowest BCUT2D eigenvalue weighted by molar-refractivity contribution is 0.0975. The Morgan fingerprint density at radius 3 is 2.10 bits per heavy atom. The lowest BCUT2D eigenvalue weighted by Crippen LogP contribution is -2.24. The molecular weight excluding hydrogens is 376 g/mol. The normalized spacial score (nSPS) is 12.4. The molecule has 0 heterocycles. The van der Waals surface area contributed by atoms with E-state index in [0.717, 1.165) is 0 Å². The highest BCUT2D eigenvalue weighted by atomic mass is 16.5. The van der Waals surface area contributed by atoms with Crippen molar-refractivity contribution in [2.75, 3.05) is 18.6 Å². The molecule has 29 heavy (non-hydrogen) atoms. The van der Waals surface area contributed by atoms with E-state index in [0.29, 0.717) is 5.56 Å². The quantitative estimate of drug-likeness (QED) is 0.257. The second-order valence-electron chi connectivity index (χ2n) is 6.57. The number of methoxy groups -OCH3 is 1. The Morgan fingerprint density at radius 1 is 0.759 bits per heavy atom. The molecular formula is C21H16N2O6. The average Bonchev–Trinajstić information content (AvgIpc) is 2.69. The summed E-state index contributed by atoms with van der Waals surface area (Å²) < 4.78 is 5.25. The summed E-state index contributed by atoms with van der Waals surface area (Å²) in [4.78, 5) is 26.2. The molecule has 0 saturated carbocycles. The Balaban J connectivity index is 2.05. The van der Waals surface area contributed by atoms with Crippen LogP contribution < -0.4 is 16.2 Å². The Morgan fingerprint density at radius 2 is 1.41 bits per heavy atom. The summed E-state index contributed by atoms with van der Waals surface area (Å²) in [5.74, 6) is -2.12. The third-order valence-corrected chi connectivity index (χ3v) is 4.95. The van der Waals surface area contributed by atoms with Gasteiger partial charge in [-0.3, -0.25) is 9.59 Å². The van der Waals surface area contributed by atoms with Crippen molar-refractivity contribution in [3.8, 4) is 34.1 Å². The van der Waals surface area contributed by atoms with Crippen LogP contribution in [0.4, 0.5) is 11.4 Å². The number of fused-ring (bicyclic) bond motifs is 2. The first-order valence-electron chi connectivity index (χ1n) is 8.49. The Kier molecular flexibility index (Phi) is 3.86. The van der Waals surface area contributed by atoms with E-state index >= 15 is 0 Å². The number of carbonyl (C=O) groups excluding carboxylic acids is 2. The van der Waals surface area contributed by atoms with Crippen LogP contribution in [0.15, 0.2) is 36.4 Å². The summed E-state index contributed by atoms with van der Waals surface area (Å²) in [6.45, 7) is 0. The van der Waals surface area contributed by atoms with E-state index in [2.05, 4.69) is 0 Å². The molecule has 4 rings (SSSR count). The van der Waals surface area contributed by atoms with Gasteiger partial charge in [-0.25, -0.2) is 0 Å². The number of carbonyl (C=O) groups is 2. The maximum Gasteiger partial charge on any atom is 0.200 e. The molecule has 8 nitrogen and oxygen atoms in total. The first-order chi connectivity index (χ1) is 13.8. The zero-order valence-electron chi connectivity index (χ0n) is 15.2. The monoisotopic (exact) mass is 392 g/mol. The predicted molar refractivity (Wildman–Crippen MR) is 106 cm³/mol. The summed E-state index contributed by atoms with van der Waals surface area (Å²) in [5, 5.41) is 30.4. The van der Waals surface area contributed by atoms with Crippen molar-refractivity contribution in [1.82, 2.24) is 0 Å². The van der Waals surface area contributed by atoms with Gasteiger partial charge in [-0.2, -0.15) is 0 Å². The van der Waals surface area contributed by atoms with E-state index < -0.39 is 23.1 Å². The molecule has 0 spiro atoms. The largest absolute Gasteiger partial charge is 0.508 e. The molecule has 0 aromatic heterocycles. The fourth-order valence-corrected chi connectivity index (χ4v) is 3.61. The minimum absolute atomic E-state index is 0.00375. The van der Waals surface area contributed by atoms with Crippen molar-refractivity contribution in [3.63, 3.8) is 0 Å². The van der Waals surface area contributed by atoms with Gasteiger partial charge in [-0.15, -0.1) is 0 Å². The zero-order chi connectivity index (χ0) is 21.0. The molecule has 0 unspecified atom stereocenters. The molecule has 3 aromatic rings. The number of phenolic OH excluding ortho intramolecular Hbond substituents is 3. The van der Waals surface area contributed by atoms with Crippen molar-refractivity contribution in [2.45, 2.75) is 0 Å². The average molecular weight is 392 g/mol. The number of hydrogen-bond acceptors (Lipinski definition) is 8. The summed E-state index contributed by atoms with van der Waals surface area (Å²) in [7, 11) is 1.39.